The standard InChI is InChI=1S/C22H26N4O2.ClH/c23-19-7-2-8-20-18(19)6-3-11-26(20)14-21(27)24-13-15-4-1-5-16(12-15)22(28)25-17-9-10-17;/h1-2,4-5,7-8,12,17H,3,6,9-11,13-14,23H2,(H,24,27)(H,25,28);1H. The lowest BCUT2D eigenvalue weighted by atomic mass is 10.00. The number of nitrogens with one attached hydrogen (secondary N) is 2. The summed E-state index contributed by atoms with van der Waals surface area (Å²) in [5.41, 5.74) is 10.6. The Bertz CT molecular complexity index is 898. The number of halogens is 1. The van der Waals surface area contributed by atoms with Crippen LogP contribution in [0.1, 0.15) is 40.7 Å². The second-order valence-corrected chi connectivity index (χ2v) is 7.59. The molecular weight excluding hydrogens is 388 g/mol. The third-order valence-corrected chi connectivity index (χ3v) is 5.31. The SMILES string of the molecule is Cl.Nc1cccc2c1CCCN2CC(=O)NCc1cccc(C(=O)NC2CC2)c1. The van der Waals surface area contributed by atoms with Crippen molar-refractivity contribution in [3.63, 3.8) is 0 Å². The van der Waals surface area contributed by atoms with Crippen LogP contribution in [-0.2, 0) is 17.8 Å². The van der Waals surface area contributed by atoms with Gasteiger partial charge < -0.3 is 21.3 Å². The van der Waals surface area contributed by atoms with Crippen LogP contribution in [0.25, 0.3) is 0 Å². The van der Waals surface area contributed by atoms with E-state index in [4.69, 9.17) is 5.73 Å². The van der Waals surface area contributed by atoms with E-state index >= 15 is 0 Å². The lowest BCUT2D eigenvalue weighted by Gasteiger charge is -2.31. The second kappa shape index (κ2) is 9.18. The van der Waals surface area contributed by atoms with E-state index in [-0.39, 0.29) is 24.2 Å². The number of hydrogen-bond donors (Lipinski definition) is 3. The number of carbonyl (C=O) groups is 2. The summed E-state index contributed by atoms with van der Waals surface area (Å²) >= 11 is 0. The van der Waals surface area contributed by atoms with Crippen molar-refractivity contribution in [2.24, 2.45) is 0 Å². The number of nitrogens with two attached hydrogens (primary N) is 1. The summed E-state index contributed by atoms with van der Waals surface area (Å²) < 4.78 is 0. The van der Waals surface area contributed by atoms with Crippen molar-refractivity contribution in [1.29, 1.82) is 0 Å². The van der Waals surface area contributed by atoms with Crippen LogP contribution in [-0.4, -0.2) is 30.9 Å². The van der Waals surface area contributed by atoms with Crippen molar-refractivity contribution in [2.75, 3.05) is 23.7 Å². The zero-order valence-corrected chi connectivity index (χ0v) is 17.1. The van der Waals surface area contributed by atoms with Crippen molar-refractivity contribution < 1.29 is 9.59 Å². The van der Waals surface area contributed by atoms with Gasteiger partial charge in [-0.15, -0.1) is 12.4 Å². The Morgan fingerprint density at radius 2 is 1.93 bits per heavy atom. The molecule has 1 aliphatic carbocycles. The number of amides is 2. The lowest BCUT2D eigenvalue weighted by molar-refractivity contribution is -0.119. The molecule has 0 bridgehead atoms. The summed E-state index contributed by atoms with van der Waals surface area (Å²) in [6, 6.07) is 13.6. The van der Waals surface area contributed by atoms with Crippen molar-refractivity contribution >= 4 is 35.6 Å². The van der Waals surface area contributed by atoms with Gasteiger partial charge in [0, 0.05) is 36.1 Å². The summed E-state index contributed by atoms with van der Waals surface area (Å²) in [5.74, 6) is -0.0821. The highest BCUT2D eigenvalue weighted by Crippen LogP contribution is 2.30. The lowest BCUT2D eigenvalue weighted by Crippen LogP contribution is -2.39. The van der Waals surface area contributed by atoms with E-state index in [2.05, 4.69) is 15.5 Å². The fraction of sp³-hybridized carbons (Fsp3) is 0.364. The summed E-state index contributed by atoms with van der Waals surface area (Å²) in [5, 5.41) is 5.95. The van der Waals surface area contributed by atoms with Gasteiger partial charge in [0.1, 0.15) is 0 Å². The van der Waals surface area contributed by atoms with Crippen LogP contribution >= 0.6 is 12.4 Å². The summed E-state index contributed by atoms with van der Waals surface area (Å²) in [6.07, 6.45) is 4.07. The Labute approximate surface area is 177 Å². The third-order valence-electron chi connectivity index (χ3n) is 5.31. The summed E-state index contributed by atoms with van der Waals surface area (Å²) in [7, 11) is 0. The van der Waals surface area contributed by atoms with Gasteiger partial charge in [-0.05, 0) is 61.1 Å². The van der Waals surface area contributed by atoms with Crippen LogP contribution in [0.2, 0.25) is 0 Å². The third kappa shape index (κ3) is 5.21. The molecule has 2 aromatic carbocycles. The molecule has 0 unspecified atom stereocenters. The fourth-order valence-electron chi connectivity index (χ4n) is 3.64. The highest BCUT2D eigenvalue weighted by molar-refractivity contribution is 5.94. The molecule has 6 nitrogen and oxygen atoms in total. The maximum atomic E-state index is 12.5. The molecule has 0 aromatic heterocycles. The minimum atomic E-state index is -0.0433. The van der Waals surface area contributed by atoms with Gasteiger partial charge in [0.2, 0.25) is 5.91 Å². The van der Waals surface area contributed by atoms with Gasteiger partial charge in [0.25, 0.3) is 5.91 Å². The maximum Gasteiger partial charge on any atom is 0.251 e. The topological polar surface area (TPSA) is 87.5 Å². The molecule has 154 valence electrons. The largest absolute Gasteiger partial charge is 0.398 e. The maximum absolute atomic E-state index is 12.5. The molecule has 0 spiro atoms. The Kier molecular flexibility index (Phi) is 6.64. The van der Waals surface area contributed by atoms with Gasteiger partial charge in [-0.2, -0.15) is 0 Å². The monoisotopic (exact) mass is 414 g/mol. The predicted octanol–water partition coefficient (Wildman–Crippen LogP) is 2.65. The fourth-order valence-corrected chi connectivity index (χ4v) is 3.64. The van der Waals surface area contributed by atoms with E-state index in [1.165, 1.54) is 0 Å². The average Bonchev–Trinajstić information content (AvgIpc) is 3.51. The molecule has 4 rings (SSSR count). The number of nitrogens with zero attached hydrogens (tertiary/aromatic N) is 1. The first kappa shape index (κ1) is 21.0. The molecule has 0 radical (unpaired) electrons. The number of nitrogen functional groups attached to an aromatic ring is 1. The molecule has 1 heterocycles. The Morgan fingerprint density at radius 1 is 1.14 bits per heavy atom. The molecule has 0 atom stereocenters. The molecule has 1 aliphatic heterocycles. The molecule has 1 fully saturated rings. The molecule has 7 heteroatoms. The Morgan fingerprint density at radius 3 is 2.72 bits per heavy atom. The number of fused-ring (bicyclic) bond motifs is 1. The molecule has 2 amide bonds. The highest BCUT2D eigenvalue weighted by atomic mass is 35.5. The van der Waals surface area contributed by atoms with E-state index in [0.29, 0.717) is 24.7 Å². The van der Waals surface area contributed by atoms with Crippen LogP contribution in [0.15, 0.2) is 42.5 Å². The first-order chi connectivity index (χ1) is 13.6. The minimum absolute atomic E-state index is 0. The number of carbonyl (C=O) groups excluding carboxylic acids is 2. The van der Waals surface area contributed by atoms with Gasteiger partial charge in [-0.1, -0.05) is 18.2 Å². The van der Waals surface area contributed by atoms with Gasteiger partial charge in [-0.3, -0.25) is 9.59 Å². The summed E-state index contributed by atoms with van der Waals surface area (Å²) in [4.78, 5) is 26.8. The van der Waals surface area contributed by atoms with E-state index in [9.17, 15) is 9.59 Å². The number of hydrogen-bond acceptors (Lipinski definition) is 4. The molecule has 29 heavy (non-hydrogen) atoms. The molecule has 1 saturated carbocycles. The number of anilines is 2. The van der Waals surface area contributed by atoms with Gasteiger partial charge in [0.15, 0.2) is 0 Å². The first-order valence-corrected chi connectivity index (χ1v) is 9.89. The van der Waals surface area contributed by atoms with E-state index < -0.39 is 0 Å². The normalized spacial score (nSPS) is 15.1. The smallest absolute Gasteiger partial charge is 0.251 e. The summed E-state index contributed by atoms with van der Waals surface area (Å²) in [6.45, 7) is 1.56. The van der Waals surface area contributed by atoms with Crippen molar-refractivity contribution in [3.05, 3.63) is 59.2 Å². The highest BCUT2D eigenvalue weighted by Gasteiger charge is 2.24. The number of rotatable bonds is 6. The van der Waals surface area contributed by atoms with Crippen LogP contribution in [0, 0.1) is 0 Å². The number of benzene rings is 2. The molecule has 2 aromatic rings. The molecule has 2 aliphatic rings. The predicted molar refractivity (Wildman–Crippen MR) is 117 cm³/mol. The zero-order valence-electron chi connectivity index (χ0n) is 16.3. The average molecular weight is 415 g/mol. The van der Waals surface area contributed by atoms with Crippen molar-refractivity contribution in [1.82, 2.24) is 10.6 Å². The van der Waals surface area contributed by atoms with Crippen LogP contribution in [0.4, 0.5) is 11.4 Å². The quantitative estimate of drug-likeness (QED) is 0.634. The Hall–Kier alpha value is -2.73. The van der Waals surface area contributed by atoms with Crippen LogP contribution < -0.4 is 21.3 Å². The van der Waals surface area contributed by atoms with E-state index in [1.54, 1.807) is 6.07 Å². The van der Waals surface area contributed by atoms with E-state index in [1.807, 2.05) is 36.4 Å². The van der Waals surface area contributed by atoms with Gasteiger partial charge in [0.05, 0.1) is 6.54 Å². The van der Waals surface area contributed by atoms with Crippen LogP contribution in [0.5, 0.6) is 0 Å². The van der Waals surface area contributed by atoms with E-state index in [0.717, 1.165) is 54.7 Å². The minimum Gasteiger partial charge on any atom is -0.398 e. The molecule has 0 saturated heterocycles. The van der Waals surface area contributed by atoms with Crippen LogP contribution in [0.3, 0.4) is 0 Å². The molecule has 4 N–H and O–H groups in total. The van der Waals surface area contributed by atoms with Crippen molar-refractivity contribution in [3.8, 4) is 0 Å². The van der Waals surface area contributed by atoms with Crippen molar-refractivity contribution in [2.45, 2.75) is 38.3 Å². The van der Waals surface area contributed by atoms with Gasteiger partial charge >= 0.3 is 0 Å². The molecular formula is C22H27ClN4O2. The second-order valence-electron chi connectivity index (χ2n) is 7.59. The Balaban J connectivity index is 0.00000240. The van der Waals surface area contributed by atoms with Gasteiger partial charge in [-0.25, -0.2) is 0 Å². The zero-order chi connectivity index (χ0) is 19.5. The first-order valence-electron chi connectivity index (χ1n) is 9.89.